The normalized spacial score (nSPS) is 19.4. The first-order valence-electron chi connectivity index (χ1n) is 6.89. The summed E-state index contributed by atoms with van der Waals surface area (Å²) in [7, 11) is 0. The highest BCUT2D eigenvalue weighted by Gasteiger charge is 2.23. The molecule has 0 radical (unpaired) electrons. The first-order chi connectivity index (χ1) is 8.36. The van der Waals surface area contributed by atoms with E-state index in [4.69, 9.17) is 0 Å². The van der Waals surface area contributed by atoms with Gasteiger partial charge in [-0.1, -0.05) is 44.5 Å². The number of fused-ring (bicyclic) bond motifs is 1. The number of unbranched alkanes of at least 4 members (excludes halogenated alkanes) is 1. The van der Waals surface area contributed by atoms with E-state index < -0.39 is 0 Å². The van der Waals surface area contributed by atoms with Gasteiger partial charge in [0.15, 0.2) is 0 Å². The molecule has 0 fully saturated rings. The van der Waals surface area contributed by atoms with Crippen LogP contribution in [0.1, 0.15) is 43.9 Å². The van der Waals surface area contributed by atoms with Crippen molar-refractivity contribution in [3.63, 3.8) is 0 Å². The van der Waals surface area contributed by atoms with Gasteiger partial charge in [-0.3, -0.25) is 4.90 Å². The molecule has 1 N–H and O–H groups in total. The molecule has 2 rings (SSSR count). The quantitative estimate of drug-likeness (QED) is 0.839. The summed E-state index contributed by atoms with van der Waals surface area (Å²) < 4.78 is 0. The summed E-state index contributed by atoms with van der Waals surface area (Å²) in [6.45, 7) is 9.01. The first kappa shape index (κ1) is 12.6. The fraction of sp³-hybridized carbons (Fsp3) is 0.600. The summed E-state index contributed by atoms with van der Waals surface area (Å²) in [5.41, 5.74) is 3.00. The zero-order valence-electron chi connectivity index (χ0n) is 11.1. The van der Waals surface area contributed by atoms with Crippen LogP contribution in [0.4, 0.5) is 0 Å². The summed E-state index contributed by atoms with van der Waals surface area (Å²) in [4.78, 5) is 2.61. The van der Waals surface area contributed by atoms with Gasteiger partial charge < -0.3 is 5.32 Å². The van der Waals surface area contributed by atoms with Gasteiger partial charge in [0.2, 0.25) is 0 Å². The lowest BCUT2D eigenvalue weighted by molar-refractivity contribution is 0.191. The standard InChI is InChI=1S/C15H24N2/c1-3-5-10-17(4-2)15-12-16-11-13-8-6-7-9-14(13)15/h6-9,15-16H,3-5,10-12H2,1-2H3. The maximum atomic E-state index is 3.54. The van der Waals surface area contributed by atoms with Crippen LogP contribution in [0, 0.1) is 0 Å². The van der Waals surface area contributed by atoms with E-state index in [1.54, 1.807) is 0 Å². The van der Waals surface area contributed by atoms with Crippen LogP contribution in [0.2, 0.25) is 0 Å². The number of nitrogens with zero attached hydrogens (tertiary/aromatic N) is 1. The van der Waals surface area contributed by atoms with Gasteiger partial charge in [0.25, 0.3) is 0 Å². The molecule has 1 aromatic carbocycles. The van der Waals surface area contributed by atoms with E-state index in [2.05, 4.69) is 48.3 Å². The van der Waals surface area contributed by atoms with Crippen molar-refractivity contribution in [2.45, 2.75) is 39.3 Å². The summed E-state index contributed by atoms with van der Waals surface area (Å²) in [5, 5.41) is 3.54. The zero-order valence-corrected chi connectivity index (χ0v) is 11.1. The van der Waals surface area contributed by atoms with Gasteiger partial charge >= 0.3 is 0 Å². The second-order valence-electron chi connectivity index (χ2n) is 4.83. The predicted molar refractivity (Wildman–Crippen MR) is 73.0 cm³/mol. The van der Waals surface area contributed by atoms with Crippen LogP contribution >= 0.6 is 0 Å². The van der Waals surface area contributed by atoms with E-state index in [0.717, 1.165) is 19.6 Å². The maximum Gasteiger partial charge on any atom is 0.0475 e. The van der Waals surface area contributed by atoms with Crippen LogP contribution in [0.25, 0.3) is 0 Å². The minimum absolute atomic E-state index is 0.566. The zero-order chi connectivity index (χ0) is 12.1. The van der Waals surface area contributed by atoms with Gasteiger partial charge in [-0.2, -0.15) is 0 Å². The Labute approximate surface area is 105 Å². The van der Waals surface area contributed by atoms with Crippen LogP contribution in [0.5, 0.6) is 0 Å². The van der Waals surface area contributed by atoms with Crippen molar-refractivity contribution in [3.05, 3.63) is 35.4 Å². The van der Waals surface area contributed by atoms with E-state index in [-0.39, 0.29) is 0 Å². The number of benzene rings is 1. The van der Waals surface area contributed by atoms with Gasteiger partial charge in [0.1, 0.15) is 0 Å². The van der Waals surface area contributed by atoms with Crippen molar-refractivity contribution in [1.82, 2.24) is 10.2 Å². The van der Waals surface area contributed by atoms with Gasteiger partial charge in [0, 0.05) is 19.1 Å². The third-order valence-corrected chi connectivity index (χ3v) is 3.71. The Morgan fingerprint density at radius 2 is 2.12 bits per heavy atom. The molecule has 0 bridgehead atoms. The molecule has 1 unspecified atom stereocenters. The minimum atomic E-state index is 0.566. The molecule has 0 spiro atoms. The molecule has 1 aromatic rings. The molecular weight excluding hydrogens is 208 g/mol. The largest absolute Gasteiger partial charge is 0.311 e. The minimum Gasteiger partial charge on any atom is -0.311 e. The Kier molecular flexibility index (Phi) is 4.57. The number of hydrogen-bond donors (Lipinski definition) is 1. The molecule has 2 heteroatoms. The van der Waals surface area contributed by atoms with E-state index in [1.165, 1.54) is 30.5 Å². The lowest BCUT2D eigenvalue weighted by Gasteiger charge is -2.35. The van der Waals surface area contributed by atoms with Crippen LogP contribution in [0.3, 0.4) is 0 Å². The third-order valence-electron chi connectivity index (χ3n) is 3.71. The molecular formula is C15H24N2. The molecule has 0 saturated heterocycles. The average molecular weight is 232 g/mol. The number of hydrogen-bond acceptors (Lipinski definition) is 2. The Hall–Kier alpha value is -0.860. The smallest absolute Gasteiger partial charge is 0.0475 e. The second kappa shape index (κ2) is 6.18. The van der Waals surface area contributed by atoms with E-state index in [9.17, 15) is 0 Å². The predicted octanol–water partition coefficient (Wildman–Crippen LogP) is 2.95. The number of rotatable bonds is 5. The van der Waals surface area contributed by atoms with Crippen molar-refractivity contribution in [1.29, 1.82) is 0 Å². The Bertz CT molecular complexity index is 349. The Morgan fingerprint density at radius 3 is 2.88 bits per heavy atom. The highest BCUT2D eigenvalue weighted by Crippen LogP contribution is 2.27. The topological polar surface area (TPSA) is 15.3 Å². The van der Waals surface area contributed by atoms with Crippen molar-refractivity contribution < 1.29 is 0 Å². The molecule has 1 atom stereocenters. The fourth-order valence-electron chi connectivity index (χ4n) is 2.70. The molecule has 94 valence electrons. The third kappa shape index (κ3) is 2.88. The van der Waals surface area contributed by atoms with E-state index in [0.29, 0.717) is 6.04 Å². The van der Waals surface area contributed by atoms with Crippen molar-refractivity contribution >= 4 is 0 Å². The highest BCUT2D eigenvalue weighted by atomic mass is 15.2. The average Bonchev–Trinajstić information content (AvgIpc) is 2.40. The molecule has 1 aliphatic rings. The molecule has 0 amide bonds. The Morgan fingerprint density at radius 1 is 1.29 bits per heavy atom. The molecule has 0 aliphatic carbocycles. The monoisotopic (exact) mass is 232 g/mol. The summed E-state index contributed by atoms with van der Waals surface area (Å²) >= 11 is 0. The highest BCUT2D eigenvalue weighted by molar-refractivity contribution is 5.32. The molecule has 1 aliphatic heterocycles. The van der Waals surface area contributed by atoms with Crippen LogP contribution in [-0.2, 0) is 6.54 Å². The lowest BCUT2D eigenvalue weighted by atomic mass is 9.95. The summed E-state index contributed by atoms with van der Waals surface area (Å²) in [6, 6.07) is 9.43. The SMILES string of the molecule is CCCCN(CC)C1CNCc2ccccc21. The van der Waals surface area contributed by atoms with Crippen LogP contribution in [-0.4, -0.2) is 24.5 Å². The van der Waals surface area contributed by atoms with Crippen LogP contribution < -0.4 is 5.32 Å². The van der Waals surface area contributed by atoms with Crippen molar-refractivity contribution in [3.8, 4) is 0 Å². The summed E-state index contributed by atoms with van der Waals surface area (Å²) in [6.07, 6.45) is 2.57. The molecule has 0 aromatic heterocycles. The van der Waals surface area contributed by atoms with Crippen molar-refractivity contribution in [2.75, 3.05) is 19.6 Å². The first-order valence-corrected chi connectivity index (χ1v) is 6.89. The number of nitrogens with one attached hydrogen (secondary N) is 1. The molecule has 0 saturated carbocycles. The van der Waals surface area contributed by atoms with Gasteiger partial charge in [-0.05, 0) is 30.6 Å². The summed E-state index contributed by atoms with van der Waals surface area (Å²) in [5.74, 6) is 0. The van der Waals surface area contributed by atoms with Gasteiger partial charge in [-0.15, -0.1) is 0 Å². The second-order valence-corrected chi connectivity index (χ2v) is 4.83. The number of likely N-dealkylation sites (N-methyl/N-ethyl adjacent to an activating group) is 1. The lowest BCUT2D eigenvalue weighted by Crippen LogP contribution is -2.40. The van der Waals surface area contributed by atoms with Crippen molar-refractivity contribution in [2.24, 2.45) is 0 Å². The Balaban J connectivity index is 2.15. The van der Waals surface area contributed by atoms with Gasteiger partial charge in [-0.25, -0.2) is 0 Å². The maximum absolute atomic E-state index is 3.54. The van der Waals surface area contributed by atoms with Crippen LogP contribution in [0.15, 0.2) is 24.3 Å². The molecule has 2 nitrogen and oxygen atoms in total. The fourth-order valence-corrected chi connectivity index (χ4v) is 2.70. The van der Waals surface area contributed by atoms with Gasteiger partial charge in [0.05, 0.1) is 0 Å². The molecule has 17 heavy (non-hydrogen) atoms. The van der Waals surface area contributed by atoms with E-state index >= 15 is 0 Å². The van der Waals surface area contributed by atoms with E-state index in [1.807, 2.05) is 0 Å². The molecule has 1 heterocycles.